The normalized spacial score (nSPS) is 16.8. The minimum absolute atomic E-state index is 0.0547. The Kier molecular flexibility index (Phi) is 12.8. The molecule has 0 saturated carbocycles. The Morgan fingerprint density at radius 3 is 2.55 bits per heavy atom. The van der Waals surface area contributed by atoms with Crippen molar-refractivity contribution in [2.24, 2.45) is 9.98 Å². The van der Waals surface area contributed by atoms with Gasteiger partial charge in [-0.15, -0.1) is 0 Å². The van der Waals surface area contributed by atoms with E-state index in [0.717, 1.165) is 32.4 Å². The van der Waals surface area contributed by atoms with E-state index in [1.165, 1.54) is 18.5 Å². The molecule has 232 valence electrons. The number of benzene rings is 1. The van der Waals surface area contributed by atoms with E-state index in [0.29, 0.717) is 18.1 Å². The first-order valence-corrected chi connectivity index (χ1v) is 13.6. The number of carboxylic acid groups (broad SMARTS) is 1. The summed E-state index contributed by atoms with van der Waals surface area (Å²) in [7, 11) is 0. The summed E-state index contributed by atoms with van der Waals surface area (Å²) < 4.78 is 54.0. The fourth-order valence-electron chi connectivity index (χ4n) is 3.72. The molecular formula is C27H35ClF4N6O4. The molecule has 5 N–H and O–H groups in total. The van der Waals surface area contributed by atoms with E-state index in [1.54, 1.807) is 0 Å². The number of halogens is 5. The van der Waals surface area contributed by atoms with Crippen LogP contribution in [0.5, 0.6) is 0 Å². The van der Waals surface area contributed by atoms with Gasteiger partial charge in [0.15, 0.2) is 5.96 Å². The van der Waals surface area contributed by atoms with Gasteiger partial charge >= 0.3 is 12.1 Å². The van der Waals surface area contributed by atoms with Crippen LogP contribution in [-0.2, 0) is 19.8 Å². The highest BCUT2D eigenvalue weighted by molar-refractivity contribution is 6.30. The average Bonchev–Trinajstić information content (AvgIpc) is 2.89. The van der Waals surface area contributed by atoms with Gasteiger partial charge in [-0.2, -0.15) is 13.2 Å². The molecule has 0 radical (unpaired) electrons. The monoisotopic (exact) mass is 618 g/mol. The second kappa shape index (κ2) is 15.5. The molecule has 1 aliphatic heterocycles. The third kappa shape index (κ3) is 11.0. The van der Waals surface area contributed by atoms with Crippen molar-refractivity contribution in [3.63, 3.8) is 0 Å². The summed E-state index contributed by atoms with van der Waals surface area (Å²) in [6, 6.07) is 2.37. The molecule has 42 heavy (non-hydrogen) atoms. The summed E-state index contributed by atoms with van der Waals surface area (Å²) in [6.07, 6.45) is -2.21. The van der Waals surface area contributed by atoms with E-state index in [9.17, 15) is 37.1 Å². The number of nitrogens with one attached hydrogen (secondary N) is 4. The quantitative estimate of drug-likeness (QED) is 0.167. The Balaban J connectivity index is 1.99. The van der Waals surface area contributed by atoms with Crippen molar-refractivity contribution in [2.75, 3.05) is 19.6 Å². The summed E-state index contributed by atoms with van der Waals surface area (Å²) in [5, 5.41) is 19.9. The number of allylic oxidation sites excluding steroid dienone is 1. The van der Waals surface area contributed by atoms with Crippen molar-refractivity contribution >= 4 is 41.6 Å². The van der Waals surface area contributed by atoms with Crippen LogP contribution in [0.2, 0.25) is 5.02 Å². The molecular weight excluding hydrogens is 584 g/mol. The zero-order chi connectivity index (χ0) is 31.5. The van der Waals surface area contributed by atoms with Crippen LogP contribution in [0, 0.1) is 0 Å². The first-order chi connectivity index (χ1) is 19.6. The Morgan fingerprint density at radius 1 is 1.24 bits per heavy atom. The average molecular weight is 619 g/mol. The SMILES string of the molecule is CCC/C(=C\N=CCC(=O)NCC(=O)N[C@@H](CC(=O)O)c1cc(Cl)cc(C(C)(C)C(F)(F)F)c1)NC1=NCC(F)CN1. The maximum Gasteiger partial charge on any atom is 0.397 e. The van der Waals surface area contributed by atoms with Crippen LogP contribution < -0.4 is 21.3 Å². The van der Waals surface area contributed by atoms with Crippen molar-refractivity contribution in [1.29, 1.82) is 0 Å². The second-order valence-corrected chi connectivity index (χ2v) is 10.6. The van der Waals surface area contributed by atoms with Gasteiger partial charge < -0.3 is 26.4 Å². The van der Waals surface area contributed by atoms with Gasteiger partial charge in [-0.3, -0.25) is 19.4 Å². The van der Waals surface area contributed by atoms with E-state index in [1.807, 2.05) is 6.92 Å². The van der Waals surface area contributed by atoms with E-state index < -0.39 is 54.6 Å². The van der Waals surface area contributed by atoms with E-state index in [-0.39, 0.29) is 35.7 Å². The molecule has 1 unspecified atom stereocenters. The predicted octanol–water partition coefficient (Wildman–Crippen LogP) is 3.92. The van der Waals surface area contributed by atoms with Crippen LogP contribution in [0.25, 0.3) is 0 Å². The molecule has 10 nitrogen and oxygen atoms in total. The highest BCUT2D eigenvalue weighted by Crippen LogP contribution is 2.42. The minimum Gasteiger partial charge on any atom is -0.481 e. The fraction of sp³-hybridized carbons (Fsp3) is 0.519. The molecule has 1 aliphatic rings. The largest absolute Gasteiger partial charge is 0.481 e. The Morgan fingerprint density at radius 2 is 1.95 bits per heavy atom. The molecule has 0 bridgehead atoms. The van der Waals surface area contributed by atoms with Crippen molar-refractivity contribution in [3.8, 4) is 0 Å². The summed E-state index contributed by atoms with van der Waals surface area (Å²) in [5.41, 5.74) is -1.71. The van der Waals surface area contributed by atoms with Crippen LogP contribution in [0.4, 0.5) is 17.6 Å². The minimum atomic E-state index is -4.61. The molecule has 2 amide bonds. The second-order valence-electron chi connectivity index (χ2n) is 10.1. The summed E-state index contributed by atoms with van der Waals surface area (Å²) >= 11 is 6.05. The van der Waals surface area contributed by atoms with Gasteiger partial charge in [0.2, 0.25) is 11.8 Å². The highest BCUT2D eigenvalue weighted by Gasteiger charge is 2.48. The van der Waals surface area contributed by atoms with Gasteiger partial charge in [0.25, 0.3) is 0 Å². The number of aliphatic imine (C=N–C) groups is 2. The van der Waals surface area contributed by atoms with Gasteiger partial charge in [-0.05, 0) is 43.5 Å². The molecule has 0 aromatic heterocycles. The number of carbonyl (C=O) groups is 3. The molecule has 1 heterocycles. The number of nitrogens with zero attached hydrogens (tertiary/aromatic N) is 2. The number of guanidine groups is 1. The Hall–Kier alpha value is -3.68. The van der Waals surface area contributed by atoms with Crippen molar-refractivity contribution in [1.82, 2.24) is 21.3 Å². The molecule has 15 heteroatoms. The smallest absolute Gasteiger partial charge is 0.397 e. The maximum absolute atomic E-state index is 13.6. The number of alkyl halides is 4. The van der Waals surface area contributed by atoms with E-state index in [4.69, 9.17) is 11.6 Å². The lowest BCUT2D eigenvalue weighted by Gasteiger charge is -2.29. The number of aliphatic carboxylic acids is 1. The zero-order valence-electron chi connectivity index (χ0n) is 23.4. The number of rotatable bonds is 13. The summed E-state index contributed by atoms with van der Waals surface area (Å²) in [5.74, 6) is -2.18. The van der Waals surface area contributed by atoms with Gasteiger partial charge in [-0.1, -0.05) is 31.0 Å². The van der Waals surface area contributed by atoms with Crippen LogP contribution in [0.1, 0.15) is 63.6 Å². The van der Waals surface area contributed by atoms with Gasteiger partial charge in [0, 0.05) is 23.1 Å². The highest BCUT2D eigenvalue weighted by atomic mass is 35.5. The number of hydrogen-bond donors (Lipinski definition) is 5. The molecule has 0 spiro atoms. The van der Waals surface area contributed by atoms with Gasteiger partial charge in [-0.25, -0.2) is 9.38 Å². The lowest BCUT2D eigenvalue weighted by Crippen LogP contribution is -2.44. The van der Waals surface area contributed by atoms with Gasteiger partial charge in [0.1, 0.15) is 6.17 Å². The number of amides is 2. The van der Waals surface area contributed by atoms with Crippen molar-refractivity contribution in [3.05, 3.63) is 46.2 Å². The van der Waals surface area contributed by atoms with Crippen LogP contribution in [0.3, 0.4) is 0 Å². The van der Waals surface area contributed by atoms with Gasteiger partial charge in [0.05, 0.1) is 43.9 Å². The Labute approximate surface area is 246 Å². The lowest BCUT2D eigenvalue weighted by molar-refractivity contribution is -0.180. The third-order valence-corrected chi connectivity index (χ3v) is 6.48. The molecule has 2 atom stereocenters. The molecule has 1 aromatic rings. The molecule has 1 aromatic carbocycles. The van der Waals surface area contributed by atoms with Crippen LogP contribution >= 0.6 is 11.6 Å². The topological polar surface area (TPSA) is 144 Å². The lowest BCUT2D eigenvalue weighted by atomic mass is 9.82. The first-order valence-electron chi connectivity index (χ1n) is 13.2. The summed E-state index contributed by atoms with van der Waals surface area (Å²) in [4.78, 5) is 44.3. The molecule has 0 saturated heterocycles. The van der Waals surface area contributed by atoms with Crippen LogP contribution in [-0.4, -0.2) is 67.0 Å². The standard InChI is InChI=1S/C27H35ClF4N6O4/c1-4-5-20(37-25-35-12-19(29)13-36-25)14-33-7-6-22(39)34-15-23(40)38-21(11-24(41)42)16-8-17(10-18(28)9-16)26(2,3)27(30,31)32/h7-10,14,19,21H,4-6,11-13,15H2,1-3H3,(H,34,39)(H,38,40)(H,41,42)(H2,35,36,37)/b20-14+,33-7?/t21-/m0/s1. The number of carboxylic acids is 1. The Bertz CT molecular complexity index is 1220. The van der Waals surface area contributed by atoms with E-state index in [2.05, 4.69) is 31.3 Å². The summed E-state index contributed by atoms with van der Waals surface area (Å²) in [6.45, 7) is 3.58. The van der Waals surface area contributed by atoms with Crippen molar-refractivity contribution in [2.45, 2.75) is 70.3 Å². The number of carbonyl (C=O) groups excluding carboxylic acids is 2. The molecule has 0 fully saturated rings. The molecule has 2 rings (SSSR count). The number of hydrogen-bond acceptors (Lipinski definition) is 7. The predicted molar refractivity (Wildman–Crippen MR) is 151 cm³/mol. The third-order valence-electron chi connectivity index (χ3n) is 6.26. The first kappa shape index (κ1) is 34.5. The maximum atomic E-state index is 13.6. The fourth-order valence-corrected chi connectivity index (χ4v) is 3.97. The van der Waals surface area contributed by atoms with Crippen molar-refractivity contribution < 1.29 is 37.1 Å². The zero-order valence-corrected chi connectivity index (χ0v) is 24.2. The van der Waals surface area contributed by atoms with E-state index >= 15 is 0 Å². The molecule has 0 aliphatic carbocycles. The van der Waals surface area contributed by atoms with Crippen LogP contribution in [0.15, 0.2) is 40.1 Å².